The van der Waals surface area contributed by atoms with Crippen LogP contribution in [-0.2, 0) is 0 Å². The fourth-order valence-corrected chi connectivity index (χ4v) is 3.68. The minimum Gasteiger partial charge on any atom is -0.297 e. The van der Waals surface area contributed by atoms with Gasteiger partial charge in [-0.15, -0.1) is 0 Å². The predicted octanol–water partition coefficient (Wildman–Crippen LogP) is 3.33. The maximum atomic E-state index is 8.53. The maximum absolute atomic E-state index is 8.53. The molecule has 2 nitrogen and oxygen atoms in total. The molecule has 0 radical (unpaired) electrons. The topological polar surface area (TPSA) is 27.0 Å². The van der Waals surface area contributed by atoms with Gasteiger partial charge < -0.3 is 0 Å². The Morgan fingerprint density at radius 3 is 2.88 bits per heavy atom. The summed E-state index contributed by atoms with van der Waals surface area (Å²) in [7, 11) is 0. The number of nitrogens with zero attached hydrogens (tertiary/aromatic N) is 2. The van der Waals surface area contributed by atoms with Gasteiger partial charge in [0.05, 0.1) is 6.07 Å². The highest BCUT2D eigenvalue weighted by atomic mass is 15.2. The van der Waals surface area contributed by atoms with Crippen molar-refractivity contribution >= 4 is 0 Å². The zero-order valence-electron chi connectivity index (χ0n) is 10.5. The van der Waals surface area contributed by atoms with Crippen LogP contribution in [0.2, 0.25) is 0 Å². The molecule has 1 aliphatic heterocycles. The van der Waals surface area contributed by atoms with Crippen LogP contribution >= 0.6 is 0 Å². The molecule has 0 aromatic rings. The molecule has 3 atom stereocenters. The molecule has 2 heteroatoms. The Balaban J connectivity index is 1.81. The highest BCUT2D eigenvalue weighted by molar-refractivity contribution is 4.93. The minimum atomic E-state index is 0.732. The van der Waals surface area contributed by atoms with Crippen molar-refractivity contribution in [1.29, 1.82) is 5.26 Å². The maximum Gasteiger partial charge on any atom is 0.0621 e. The third-order valence-corrected chi connectivity index (χ3v) is 4.46. The van der Waals surface area contributed by atoms with E-state index in [1.807, 2.05) is 0 Å². The van der Waals surface area contributed by atoms with E-state index in [-0.39, 0.29) is 0 Å². The lowest BCUT2D eigenvalue weighted by Gasteiger charge is -2.33. The molecule has 90 valence electrons. The second-order valence-electron chi connectivity index (χ2n) is 5.55. The molecular formula is C14H24N2. The SMILES string of the molecule is C[C@@H]1C[C@H]2CCCC[C@H]2N1CCCCC#N. The van der Waals surface area contributed by atoms with Crippen molar-refractivity contribution in [2.24, 2.45) is 5.92 Å². The summed E-state index contributed by atoms with van der Waals surface area (Å²) in [6.45, 7) is 3.62. The number of nitriles is 1. The fraction of sp³-hybridized carbons (Fsp3) is 0.929. The zero-order chi connectivity index (χ0) is 11.4. The fourth-order valence-electron chi connectivity index (χ4n) is 3.68. The highest BCUT2D eigenvalue weighted by Crippen LogP contribution is 2.39. The first-order chi connectivity index (χ1) is 7.83. The summed E-state index contributed by atoms with van der Waals surface area (Å²) in [4.78, 5) is 2.74. The lowest BCUT2D eigenvalue weighted by Crippen LogP contribution is -2.38. The van der Waals surface area contributed by atoms with Crippen molar-refractivity contribution in [3.8, 4) is 6.07 Å². The summed E-state index contributed by atoms with van der Waals surface area (Å²) in [5.74, 6) is 0.986. The Morgan fingerprint density at radius 1 is 1.25 bits per heavy atom. The van der Waals surface area contributed by atoms with E-state index in [1.54, 1.807) is 0 Å². The summed E-state index contributed by atoms with van der Waals surface area (Å²) < 4.78 is 0. The van der Waals surface area contributed by atoms with E-state index >= 15 is 0 Å². The average molecular weight is 220 g/mol. The summed E-state index contributed by atoms with van der Waals surface area (Å²) in [5.41, 5.74) is 0. The van der Waals surface area contributed by atoms with Gasteiger partial charge in [-0.2, -0.15) is 5.26 Å². The van der Waals surface area contributed by atoms with Crippen LogP contribution in [0.15, 0.2) is 0 Å². The van der Waals surface area contributed by atoms with Gasteiger partial charge in [0.2, 0.25) is 0 Å². The molecule has 0 spiro atoms. The van der Waals surface area contributed by atoms with Gasteiger partial charge in [-0.3, -0.25) is 4.90 Å². The van der Waals surface area contributed by atoms with Gasteiger partial charge in [-0.05, 0) is 51.5 Å². The van der Waals surface area contributed by atoms with Gasteiger partial charge in [0, 0.05) is 18.5 Å². The monoisotopic (exact) mass is 220 g/mol. The molecule has 16 heavy (non-hydrogen) atoms. The Bertz CT molecular complexity index is 256. The molecule has 1 saturated heterocycles. The van der Waals surface area contributed by atoms with Gasteiger partial charge in [-0.1, -0.05) is 12.8 Å². The third kappa shape index (κ3) is 2.58. The molecule has 1 saturated carbocycles. The second-order valence-corrected chi connectivity index (χ2v) is 5.55. The molecule has 2 aliphatic rings. The van der Waals surface area contributed by atoms with E-state index in [0.717, 1.165) is 30.8 Å². The first-order valence-corrected chi connectivity index (χ1v) is 6.95. The van der Waals surface area contributed by atoms with E-state index < -0.39 is 0 Å². The normalized spacial score (nSPS) is 34.6. The Labute approximate surface area is 99.6 Å². The first kappa shape index (κ1) is 11.9. The Morgan fingerprint density at radius 2 is 2.06 bits per heavy atom. The van der Waals surface area contributed by atoms with Crippen molar-refractivity contribution < 1.29 is 0 Å². The van der Waals surface area contributed by atoms with Crippen LogP contribution in [-0.4, -0.2) is 23.5 Å². The molecular weight excluding hydrogens is 196 g/mol. The van der Waals surface area contributed by atoms with Crippen molar-refractivity contribution in [3.63, 3.8) is 0 Å². The average Bonchev–Trinajstić information content (AvgIpc) is 2.61. The Hall–Kier alpha value is -0.550. The number of likely N-dealkylation sites (tertiary alicyclic amines) is 1. The first-order valence-electron chi connectivity index (χ1n) is 6.95. The van der Waals surface area contributed by atoms with Crippen molar-refractivity contribution in [2.75, 3.05) is 6.54 Å². The number of hydrogen-bond acceptors (Lipinski definition) is 2. The van der Waals surface area contributed by atoms with Gasteiger partial charge >= 0.3 is 0 Å². The van der Waals surface area contributed by atoms with Crippen LogP contribution in [0, 0.1) is 17.2 Å². The van der Waals surface area contributed by atoms with Crippen molar-refractivity contribution in [3.05, 3.63) is 0 Å². The smallest absolute Gasteiger partial charge is 0.0621 e. The molecule has 1 heterocycles. The van der Waals surface area contributed by atoms with E-state index in [9.17, 15) is 0 Å². The van der Waals surface area contributed by atoms with Crippen molar-refractivity contribution in [2.45, 2.75) is 70.4 Å². The third-order valence-electron chi connectivity index (χ3n) is 4.46. The Kier molecular flexibility index (Phi) is 4.23. The molecule has 0 aromatic carbocycles. The van der Waals surface area contributed by atoms with E-state index in [4.69, 9.17) is 5.26 Å². The molecule has 0 unspecified atom stereocenters. The van der Waals surface area contributed by atoms with Gasteiger partial charge in [0.25, 0.3) is 0 Å². The van der Waals surface area contributed by atoms with Gasteiger partial charge in [0.1, 0.15) is 0 Å². The number of fused-ring (bicyclic) bond motifs is 1. The molecule has 2 rings (SSSR count). The van der Waals surface area contributed by atoms with Crippen LogP contribution in [0.3, 0.4) is 0 Å². The number of rotatable bonds is 4. The zero-order valence-corrected chi connectivity index (χ0v) is 10.5. The standard InChI is InChI=1S/C14H24N2/c1-12-11-13-7-3-4-8-14(13)16(12)10-6-2-5-9-15/h12-14H,2-8,10-11H2,1H3/t12-,13-,14-/m1/s1. The van der Waals surface area contributed by atoms with Crippen LogP contribution in [0.1, 0.15) is 58.3 Å². The van der Waals surface area contributed by atoms with Crippen LogP contribution in [0.25, 0.3) is 0 Å². The predicted molar refractivity (Wildman–Crippen MR) is 66.0 cm³/mol. The van der Waals surface area contributed by atoms with Gasteiger partial charge in [0.15, 0.2) is 0 Å². The summed E-state index contributed by atoms with van der Waals surface area (Å²) in [5, 5.41) is 8.53. The van der Waals surface area contributed by atoms with Crippen LogP contribution < -0.4 is 0 Å². The van der Waals surface area contributed by atoms with E-state index in [2.05, 4.69) is 17.9 Å². The number of hydrogen-bond donors (Lipinski definition) is 0. The van der Waals surface area contributed by atoms with Crippen molar-refractivity contribution in [1.82, 2.24) is 4.90 Å². The quantitative estimate of drug-likeness (QED) is 0.679. The van der Waals surface area contributed by atoms with Crippen LogP contribution in [0.5, 0.6) is 0 Å². The van der Waals surface area contributed by atoms with E-state index in [1.165, 1.54) is 45.1 Å². The lowest BCUT2D eigenvalue weighted by molar-refractivity contribution is 0.154. The molecule has 0 amide bonds. The molecule has 0 aromatic heterocycles. The second kappa shape index (κ2) is 5.68. The lowest BCUT2D eigenvalue weighted by atomic mass is 9.85. The largest absolute Gasteiger partial charge is 0.297 e. The molecule has 0 bridgehead atoms. The van der Waals surface area contributed by atoms with Gasteiger partial charge in [-0.25, -0.2) is 0 Å². The number of unbranched alkanes of at least 4 members (excludes halogenated alkanes) is 2. The summed E-state index contributed by atoms with van der Waals surface area (Å²) in [6.07, 6.45) is 10.2. The van der Waals surface area contributed by atoms with Crippen LogP contribution in [0.4, 0.5) is 0 Å². The molecule has 1 aliphatic carbocycles. The molecule has 0 N–H and O–H groups in total. The minimum absolute atomic E-state index is 0.732. The summed E-state index contributed by atoms with van der Waals surface area (Å²) >= 11 is 0. The van der Waals surface area contributed by atoms with E-state index in [0.29, 0.717) is 0 Å². The highest BCUT2D eigenvalue weighted by Gasteiger charge is 2.39. The molecule has 2 fully saturated rings. The summed E-state index contributed by atoms with van der Waals surface area (Å²) in [6, 6.07) is 3.91.